The van der Waals surface area contributed by atoms with E-state index in [0.29, 0.717) is 52.0 Å². The lowest BCUT2D eigenvalue weighted by atomic mass is 10.1. The van der Waals surface area contributed by atoms with Crippen LogP contribution in [0.25, 0.3) is 22.3 Å². The van der Waals surface area contributed by atoms with Gasteiger partial charge >= 0.3 is 0 Å². The summed E-state index contributed by atoms with van der Waals surface area (Å²) in [4.78, 5) is 22.3. The molecule has 0 aliphatic carbocycles. The molecular weight excluding hydrogens is 424 g/mol. The van der Waals surface area contributed by atoms with Crippen molar-refractivity contribution in [2.24, 2.45) is 0 Å². The molecule has 0 atom stereocenters. The van der Waals surface area contributed by atoms with E-state index in [1.54, 1.807) is 25.3 Å². The summed E-state index contributed by atoms with van der Waals surface area (Å²) in [6.45, 7) is 3.13. The van der Waals surface area contributed by atoms with E-state index in [1.165, 1.54) is 0 Å². The molecule has 0 aliphatic rings. The van der Waals surface area contributed by atoms with E-state index in [9.17, 15) is 4.79 Å². The number of rotatable bonds is 7. The molecule has 1 amide bonds. The Morgan fingerprint density at radius 1 is 1.00 bits per heavy atom. The molecule has 4 aromatic rings. The van der Waals surface area contributed by atoms with Gasteiger partial charge in [0.15, 0.2) is 5.82 Å². The Hall–Kier alpha value is -3.64. The number of ether oxygens (including phenoxy) is 1. The smallest absolute Gasteiger partial charge is 0.251 e. The molecule has 0 fully saturated rings. The van der Waals surface area contributed by atoms with Crippen LogP contribution in [-0.2, 0) is 6.54 Å². The maximum Gasteiger partial charge on any atom is 0.251 e. The van der Waals surface area contributed by atoms with Gasteiger partial charge in [-0.3, -0.25) is 4.79 Å². The third-order valence-electron chi connectivity index (χ3n) is 4.98. The van der Waals surface area contributed by atoms with Crippen LogP contribution in [0.1, 0.15) is 22.8 Å². The summed E-state index contributed by atoms with van der Waals surface area (Å²) in [6, 6.07) is 20.7. The standard InChI is InChI=1S/C25H23ClN4O2/c1-3-27-24-23(29-20-13-19(26)22(32-2)14-21(20)30-24)17-10-7-11-18(12-17)25(31)28-15-16-8-5-4-6-9-16/h4-14H,3,15H2,1-2H3,(H,27,30)(H,28,31). The van der Waals surface area contributed by atoms with Gasteiger partial charge in [-0.2, -0.15) is 0 Å². The lowest BCUT2D eigenvalue weighted by molar-refractivity contribution is 0.0951. The number of carbonyl (C=O) groups is 1. The van der Waals surface area contributed by atoms with Crippen LogP contribution < -0.4 is 15.4 Å². The molecule has 0 unspecified atom stereocenters. The van der Waals surface area contributed by atoms with Gasteiger partial charge in [0.2, 0.25) is 0 Å². The third-order valence-corrected chi connectivity index (χ3v) is 5.27. The minimum absolute atomic E-state index is 0.151. The first-order valence-electron chi connectivity index (χ1n) is 10.3. The van der Waals surface area contributed by atoms with Gasteiger partial charge in [0.05, 0.1) is 23.2 Å². The normalized spacial score (nSPS) is 10.7. The number of amides is 1. The van der Waals surface area contributed by atoms with Crippen LogP contribution in [0.15, 0.2) is 66.7 Å². The number of halogens is 1. The summed E-state index contributed by atoms with van der Waals surface area (Å²) >= 11 is 6.29. The summed E-state index contributed by atoms with van der Waals surface area (Å²) in [6.07, 6.45) is 0. The van der Waals surface area contributed by atoms with Crippen LogP contribution in [0.3, 0.4) is 0 Å². The molecule has 3 aromatic carbocycles. The molecule has 6 nitrogen and oxygen atoms in total. The van der Waals surface area contributed by atoms with E-state index < -0.39 is 0 Å². The van der Waals surface area contributed by atoms with Gasteiger partial charge in [-0.25, -0.2) is 9.97 Å². The van der Waals surface area contributed by atoms with Crippen LogP contribution in [0, 0.1) is 0 Å². The summed E-state index contributed by atoms with van der Waals surface area (Å²) in [5.74, 6) is 1.02. The molecule has 1 aromatic heterocycles. The van der Waals surface area contributed by atoms with Gasteiger partial charge in [-0.15, -0.1) is 0 Å². The van der Waals surface area contributed by atoms with Crippen molar-refractivity contribution < 1.29 is 9.53 Å². The molecule has 4 rings (SSSR count). The first-order chi connectivity index (χ1) is 15.6. The van der Waals surface area contributed by atoms with Crippen LogP contribution >= 0.6 is 11.6 Å². The molecule has 0 radical (unpaired) electrons. The fourth-order valence-corrected chi connectivity index (χ4v) is 3.63. The second-order valence-electron chi connectivity index (χ2n) is 7.18. The summed E-state index contributed by atoms with van der Waals surface area (Å²) in [5.41, 5.74) is 4.34. The number of benzene rings is 3. The molecular formula is C25H23ClN4O2. The Morgan fingerprint density at radius 2 is 1.78 bits per heavy atom. The second-order valence-corrected chi connectivity index (χ2v) is 7.58. The summed E-state index contributed by atoms with van der Waals surface area (Å²) < 4.78 is 5.30. The topological polar surface area (TPSA) is 76.1 Å². The summed E-state index contributed by atoms with van der Waals surface area (Å²) in [5, 5.41) is 6.69. The number of nitrogens with one attached hydrogen (secondary N) is 2. The highest BCUT2D eigenvalue weighted by atomic mass is 35.5. The van der Waals surface area contributed by atoms with E-state index in [0.717, 1.165) is 11.1 Å². The van der Waals surface area contributed by atoms with Gasteiger partial charge in [-0.1, -0.05) is 54.1 Å². The fraction of sp³-hybridized carbons (Fsp3) is 0.160. The lowest BCUT2D eigenvalue weighted by Gasteiger charge is -2.13. The van der Waals surface area contributed by atoms with Gasteiger partial charge in [-0.05, 0) is 30.7 Å². The van der Waals surface area contributed by atoms with Crippen LogP contribution in [0.5, 0.6) is 5.75 Å². The van der Waals surface area contributed by atoms with Crippen molar-refractivity contribution in [3.8, 4) is 17.0 Å². The molecule has 2 N–H and O–H groups in total. The lowest BCUT2D eigenvalue weighted by Crippen LogP contribution is -2.22. The molecule has 1 heterocycles. The minimum atomic E-state index is -0.151. The Bertz CT molecular complexity index is 1260. The predicted octanol–water partition coefficient (Wildman–Crippen LogP) is 5.32. The van der Waals surface area contributed by atoms with E-state index in [1.807, 2.05) is 55.5 Å². The zero-order valence-electron chi connectivity index (χ0n) is 17.9. The second kappa shape index (κ2) is 9.66. The van der Waals surface area contributed by atoms with Gasteiger partial charge in [0.25, 0.3) is 5.91 Å². The highest BCUT2D eigenvalue weighted by Gasteiger charge is 2.15. The molecule has 0 spiro atoms. The van der Waals surface area contributed by atoms with Crippen LogP contribution in [0.2, 0.25) is 5.02 Å². The van der Waals surface area contributed by atoms with Crippen LogP contribution in [0.4, 0.5) is 5.82 Å². The molecule has 0 saturated heterocycles. The van der Waals surface area contributed by atoms with Crippen molar-refractivity contribution in [3.05, 3.63) is 82.9 Å². The van der Waals surface area contributed by atoms with Crippen molar-refractivity contribution in [2.45, 2.75) is 13.5 Å². The fourth-order valence-electron chi connectivity index (χ4n) is 3.39. The van der Waals surface area contributed by atoms with Gasteiger partial charge in [0, 0.05) is 30.3 Å². The number of carbonyl (C=O) groups excluding carboxylic acids is 1. The number of methoxy groups -OCH3 is 1. The van der Waals surface area contributed by atoms with Gasteiger partial charge in [0.1, 0.15) is 11.4 Å². The van der Waals surface area contributed by atoms with Crippen molar-refractivity contribution in [1.29, 1.82) is 0 Å². The number of hydrogen-bond donors (Lipinski definition) is 2. The summed E-state index contributed by atoms with van der Waals surface area (Å²) in [7, 11) is 1.56. The quantitative estimate of drug-likeness (QED) is 0.401. The van der Waals surface area contributed by atoms with Crippen molar-refractivity contribution in [2.75, 3.05) is 19.0 Å². The Kier molecular flexibility index (Phi) is 6.52. The molecule has 0 bridgehead atoms. The van der Waals surface area contributed by atoms with Crippen molar-refractivity contribution in [1.82, 2.24) is 15.3 Å². The molecule has 0 aliphatic heterocycles. The zero-order chi connectivity index (χ0) is 22.5. The average Bonchev–Trinajstić information content (AvgIpc) is 2.83. The van der Waals surface area contributed by atoms with Crippen molar-refractivity contribution in [3.63, 3.8) is 0 Å². The SMILES string of the molecule is CCNc1nc2cc(OC)c(Cl)cc2nc1-c1cccc(C(=O)NCc2ccccc2)c1. The number of nitrogens with zero attached hydrogens (tertiary/aromatic N) is 2. The van der Waals surface area contributed by atoms with Crippen molar-refractivity contribution >= 4 is 34.4 Å². The Morgan fingerprint density at radius 3 is 2.53 bits per heavy atom. The van der Waals surface area contributed by atoms with E-state index in [4.69, 9.17) is 26.3 Å². The monoisotopic (exact) mass is 446 g/mol. The first-order valence-corrected chi connectivity index (χ1v) is 10.7. The average molecular weight is 447 g/mol. The largest absolute Gasteiger partial charge is 0.495 e. The van der Waals surface area contributed by atoms with E-state index in [-0.39, 0.29) is 5.91 Å². The van der Waals surface area contributed by atoms with Crippen LogP contribution in [-0.4, -0.2) is 29.5 Å². The number of hydrogen-bond acceptors (Lipinski definition) is 5. The highest BCUT2D eigenvalue weighted by molar-refractivity contribution is 6.32. The minimum Gasteiger partial charge on any atom is -0.495 e. The maximum absolute atomic E-state index is 12.7. The Balaban J connectivity index is 1.68. The highest BCUT2D eigenvalue weighted by Crippen LogP contribution is 2.32. The molecule has 162 valence electrons. The number of fused-ring (bicyclic) bond motifs is 1. The van der Waals surface area contributed by atoms with E-state index >= 15 is 0 Å². The number of aromatic nitrogens is 2. The third kappa shape index (κ3) is 4.65. The van der Waals surface area contributed by atoms with E-state index in [2.05, 4.69) is 10.6 Å². The Labute approximate surface area is 191 Å². The molecule has 7 heteroatoms. The number of anilines is 1. The molecule has 32 heavy (non-hydrogen) atoms. The zero-order valence-corrected chi connectivity index (χ0v) is 18.6. The maximum atomic E-state index is 12.7. The molecule has 0 saturated carbocycles. The predicted molar refractivity (Wildman–Crippen MR) is 128 cm³/mol. The first kappa shape index (κ1) is 21.6. The van der Waals surface area contributed by atoms with Gasteiger partial charge < -0.3 is 15.4 Å².